The first kappa shape index (κ1) is 20.5. The second-order valence-corrected chi connectivity index (χ2v) is 14.6. The van der Waals surface area contributed by atoms with Gasteiger partial charge in [-0.15, -0.1) is 0 Å². The molecule has 1 aromatic heterocycles. The molecular formula is C21H35N3O2Si. The van der Waals surface area contributed by atoms with Gasteiger partial charge in [-0.3, -0.25) is 9.69 Å². The molecule has 0 aromatic carbocycles. The largest absolute Gasteiger partial charge is 0.417 e. The first-order chi connectivity index (χ1) is 12.5. The molecule has 3 rings (SSSR count). The van der Waals surface area contributed by atoms with E-state index in [1.165, 1.54) is 17.5 Å². The molecule has 1 saturated heterocycles. The lowest BCUT2D eigenvalue weighted by atomic mass is 10.1. The molecule has 150 valence electrons. The zero-order valence-electron chi connectivity index (χ0n) is 17.8. The number of anilines is 1. The van der Waals surface area contributed by atoms with Crippen LogP contribution in [0.3, 0.4) is 0 Å². The van der Waals surface area contributed by atoms with E-state index in [-0.39, 0.29) is 10.9 Å². The number of hydrogen-bond donors (Lipinski definition) is 1. The van der Waals surface area contributed by atoms with Gasteiger partial charge in [-0.25, -0.2) is 4.98 Å². The lowest BCUT2D eigenvalue weighted by Gasteiger charge is -2.37. The van der Waals surface area contributed by atoms with Crippen LogP contribution >= 0.6 is 0 Å². The van der Waals surface area contributed by atoms with Crippen LogP contribution in [0.2, 0.25) is 18.1 Å². The number of nitrogens with zero attached hydrogens (tertiary/aromatic N) is 2. The van der Waals surface area contributed by atoms with Crippen molar-refractivity contribution >= 4 is 20.0 Å². The summed E-state index contributed by atoms with van der Waals surface area (Å²) in [4.78, 5) is 19.1. The van der Waals surface area contributed by atoms with Gasteiger partial charge in [0.25, 0.3) is 0 Å². The van der Waals surface area contributed by atoms with Crippen molar-refractivity contribution in [2.75, 3.05) is 31.6 Å². The lowest BCUT2D eigenvalue weighted by molar-refractivity contribution is -0.118. The second kappa shape index (κ2) is 7.64. The predicted octanol–water partition coefficient (Wildman–Crippen LogP) is 3.77. The molecule has 0 spiro atoms. The Labute approximate surface area is 165 Å². The van der Waals surface area contributed by atoms with Gasteiger partial charge in [0.2, 0.25) is 5.91 Å². The van der Waals surface area contributed by atoms with Crippen LogP contribution in [0.1, 0.15) is 44.0 Å². The van der Waals surface area contributed by atoms with Crippen LogP contribution in [0.4, 0.5) is 5.82 Å². The van der Waals surface area contributed by atoms with E-state index in [0.717, 1.165) is 38.2 Å². The Bertz CT molecular complexity index is 708. The quantitative estimate of drug-likeness (QED) is 0.753. The Balaban J connectivity index is 1.59. The summed E-state index contributed by atoms with van der Waals surface area (Å²) in [6.45, 7) is 16.9. The summed E-state index contributed by atoms with van der Waals surface area (Å²) < 4.78 is 6.44. The summed E-state index contributed by atoms with van der Waals surface area (Å²) in [6.07, 6.45) is 3.17. The van der Waals surface area contributed by atoms with Crippen molar-refractivity contribution in [1.29, 1.82) is 0 Å². The number of likely N-dealkylation sites (tertiary alicyclic amines) is 1. The average molecular weight is 390 g/mol. The van der Waals surface area contributed by atoms with Gasteiger partial charge >= 0.3 is 0 Å². The van der Waals surface area contributed by atoms with E-state index in [1.54, 1.807) is 0 Å². The van der Waals surface area contributed by atoms with Crippen molar-refractivity contribution < 1.29 is 9.22 Å². The van der Waals surface area contributed by atoms with Gasteiger partial charge in [0.15, 0.2) is 8.32 Å². The highest BCUT2D eigenvalue weighted by Crippen LogP contribution is 2.38. The molecular weight excluding hydrogens is 354 g/mol. The molecule has 0 bridgehead atoms. The summed E-state index contributed by atoms with van der Waals surface area (Å²) in [5.74, 6) is 1.23. The molecule has 1 amide bonds. The number of hydrogen-bond acceptors (Lipinski definition) is 4. The van der Waals surface area contributed by atoms with Crippen LogP contribution in [0, 0.1) is 12.8 Å². The highest BCUT2D eigenvalue weighted by Gasteiger charge is 2.38. The van der Waals surface area contributed by atoms with E-state index in [0.29, 0.717) is 18.3 Å². The first-order valence-corrected chi connectivity index (χ1v) is 13.1. The van der Waals surface area contributed by atoms with Crippen molar-refractivity contribution in [3.05, 3.63) is 22.9 Å². The fourth-order valence-corrected chi connectivity index (χ4v) is 4.58. The number of carbonyl (C=O) groups excluding carboxylic acids is 1. The van der Waals surface area contributed by atoms with Crippen molar-refractivity contribution in [3.63, 3.8) is 0 Å². The summed E-state index contributed by atoms with van der Waals surface area (Å²) in [5.41, 5.74) is 3.71. The van der Waals surface area contributed by atoms with Gasteiger partial charge < -0.3 is 9.74 Å². The van der Waals surface area contributed by atoms with Crippen molar-refractivity contribution in [2.45, 2.75) is 65.1 Å². The molecule has 0 radical (unpaired) electrons. The lowest BCUT2D eigenvalue weighted by Crippen LogP contribution is -2.42. The summed E-state index contributed by atoms with van der Waals surface area (Å²) in [7, 11) is -1.72. The van der Waals surface area contributed by atoms with Crippen LogP contribution < -0.4 is 5.32 Å². The summed E-state index contributed by atoms with van der Waals surface area (Å²) >= 11 is 0. The number of aryl methyl sites for hydroxylation is 1. The van der Waals surface area contributed by atoms with Gasteiger partial charge in [0, 0.05) is 12.3 Å². The molecule has 1 fully saturated rings. The molecule has 27 heavy (non-hydrogen) atoms. The number of nitrogens with one attached hydrogen (secondary N) is 1. The maximum Gasteiger partial charge on any atom is 0.239 e. The Kier molecular flexibility index (Phi) is 5.80. The third-order valence-electron chi connectivity index (χ3n) is 6.48. The number of rotatable bonds is 6. The molecule has 1 aromatic rings. The molecule has 0 saturated carbocycles. The van der Waals surface area contributed by atoms with Gasteiger partial charge in [0.1, 0.15) is 5.82 Å². The maximum absolute atomic E-state index is 12.2. The zero-order chi connectivity index (χ0) is 19.8. The van der Waals surface area contributed by atoms with Crippen molar-refractivity contribution in [3.8, 4) is 0 Å². The van der Waals surface area contributed by atoms with Gasteiger partial charge in [0.05, 0.1) is 6.54 Å². The normalized spacial score (nSPS) is 20.3. The molecule has 1 N–H and O–H groups in total. The van der Waals surface area contributed by atoms with E-state index in [2.05, 4.69) is 51.0 Å². The number of amides is 1. The van der Waals surface area contributed by atoms with E-state index in [4.69, 9.17) is 9.41 Å². The van der Waals surface area contributed by atoms with Crippen LogP contribution in [0.5, 0.6) is 0 Å². The predicted molar refractivity (Wildman–Crippen MR) is 113 cm³/mol. The van der Waals surface area contributed by atoms with Gasteiger partial charge in [-0.05, 0) is 80.5 Å². The Morgan fingerprint density at radius 2 is 2.04 bits per heavy atom. The minimum Gasteiger partial charge on any atom is -0.417 e. The topological polar surface area (TPSA) is 54.5 Å². The number of pyridine rings is 1. The molecule has 2 aliphatic rings. The fraction of sp³-hybridized carbons (Fsp3) is 0.714. The van der Waals surface area contributed by atoms with Crippen LogP contribution in [0.25, 0.3) is 0 Å². The third kappa shape index (κ3) is 4.79. The zero-order valence-corrected chi connectivity index (χ0v) is 18.8. The molecule has 1 aliphatic heterocycles. The highest BCUT2D eigenvalue weighted by molar-refractivity contribution is 6.74. The van der Waals surface area contributed by atoms with E-state index in [1.807, 2.05) is 6.07 Å². The van der Waals surface area contributed by atoms with E-state index in [9.17, 15) is 4.79 Å². The summed E-state index contributed by atoms with van der Waals surface area (Å²) in [5, 5.41) is 3.22. The smallest absolute Gasteiger partial charge is 0.239 e. The minimum atomic E-state index is -1.72. The van der Waals surface area contributed by atoms with Crippen LogP contribution in [-0.2, 0) is 22.1 Å². The molecule has 1 unspecified atom stereocenters. The number of fused-ring (bicyclic) bond motifs is 1. The van der Waals surface area contributed by atoms with E-state index >= 15 is 0 Å². The van der Waals surface area contributed by atoms with Crippen molar-refractivity contribution in [1.82, 2.24) is 9.88 Å². The molecule has 1 atom stereocenters. The number of carbonyl (C=O) groups is 1. The Hall–Kier alpha value is -1.24. The Morgan fingerprint density at radius 1 is 1.33 bits per heavy atom. The SMILES string of the molecule is Cc1cc(NC(=O)CN2CCC2)nc2c1CC(CO[Si](C)(C)C(C)(C)C)C2. The van der Waals surface area contributed by atoms with Crippen LogP contribution in [0.15, 0.2) is 6.07 Å². The molecule has 6 heteroatoms. The Morgan fingerprint density at radius 3 is 2.63 bits per heavy atom. The molecule has 2 heterocycles. The number of aromatic nitrogens is 1. The van der Waals surface area contributed by atoms with E-state index < -0.39 is 8.32 Å². The fourth-order valence-electron chi connectivity index (χ4n) is 3.50. The first-order valence-electron chi connectivity index (χ1n) is 10.2. The third-order valence-corrected chi connectivity index (χ3v) is 11.0. The summed E-state index contributed by atoms with van der Waals surface area (Å²) in [6, 6.07) is 2.02. The average Bonchev–Trinajstić information content (AvgIpc) is 2.91. The monoisotopic (exact) mass is 389 g/mol. The van der Waals surface area contributed by atoms with Gasteiger partial charge in [-0.1, -0.05) is 20.8 Å². The van der Waals surface area contributed by atoms with Crippen LogP contribution in [-0.4, -0.2) is 50.3 Å². The molecule has 1 aliphatic carbocycles. The maximum atomic E-state index is 12.2. The second-order valence-electron chi connectivity index (χ2n) is 9.77. The van der Waals surface area contributed by atoms with Gasteiger partial charge in [-0.2, -0.15) is 0 Å². The standard InChI is InChI=1S/C21H35N3O2Si/c1-15-10-19(23-20(25)13-24-8-7-9-24)22-18-12-16(11-17(15)18)14-26-27(5,6)21(2,3)4/h10,16H,7-9,11-14H2,1-6H3,(H,22,23,25). The van der Waals surface area contributed by atoms with Crippen molar-refractivity contribution in [2.24, 2.45) is 5.92 Å². The highest BCUT2D eigenvalue weighted by atomic mass is 28.4. The minimum absolute atomic E-state index is 0.0392. The molecule has 5 nitrogen and oxygen atoms in total.